The van der Waals surface area contributed by atoms with Gasteiger partial charge in [-0.3, -0.25) is 0 Å². The molecule has 10 heteroatoms. The van der Waals surface area contributed by atoms with Gasteiger partial charge in [-0.05, 0) is 67.1 Å². The molecule has 0 bridgehead atoms. The van der Waals surface area contributed by atoms with Gasteiger partial charge in [-0.15, -0.1) is 0 Å². The lowest BCUT2D eigenvalue weighted by molar-refractivity contribution is -0.289. The molecule has 0 fully saturated rings. The monoisotopic (exact) mass is 532 g/mol. The number of hydrogen-bond acceptors (Lipinski definition) is 4. The van der Waals surface area contributed by atoms with Gasteiger partial charge in [-0.25, -0.2) is 0 Å². The van der Waals surface area contributed by atoms with E-state index in [2.05, 4.69) is 0 Å². The molecule has 0 saturated heterocycles. The summed E-state index contributed by atoms with van der Waals surface area (Å²) in [4.78, 5) is 0. The van der Waals surface area contributed by atoms with Crippen molar-refractivity contribution in [2.75, 3.05) is 11.5 Å². The molecule has 0 unspecified atom stereocenters. The van der Waals surface area contributed by atoms with Crippen molar-refractivity contribution in [2.24, 2.45) is 0 Å². The maximum atomic E-state index is 15.0. The highest BCUT2D eigenvalue weighted by molar-refractivity contribution is 5.57. The van der Waals surface area contributed by atoms with E-state index in [-0.39, 0.29) is 11.5 Å². The highest BCUT2D eigenvalue weighted by atomic mass is 19.4. The fourth-order valence-corrected chi connectivity index (χ4v) is 4.22. The Hall–Kier alpha value is -4.34. The minimum absolute atomic E-state index is 0.00642. The summed E-state index contributed by atoms with van der Waals surface area (Å²) < 4.78 is 101. The number of nitrogens with two attached hydrogens (primary N) is 2. The summed E-state index contributed by atoms with van der Waals surface area (Å²) >= 11 is 0. The summed E-state index contributed by atoms with van der Waals surface area (Å²) in [5, 5.41) is 0. The maximum absolute atomic E-state index is 15.0. The molecule has 0 aliphatic rings. The van der Waals surface area contributed by atoms with E-state index in [0.29, 0.717) is 16.9 Å². The Kier molecular flexibility index (Phi) is 6.92. The Bertz CT molecular complexity index is 1420. The summed E-state index contributed by atoms with van der Waals surface area (Å²) in [7, 11) is 0. The van der Waals surface area contributed by atoms with E-state index in [0.717, 1.165) is 36.4 Å². The highest BCUT2D eigenvalue weighted by Crippen LogP contribution is 2.60. The summed E-state index contributed by atoms with van der Waals surface area (Å²) in [5.74, 6) is -1.20. The van der Waals surface area contributed by atoms with Crippen molar-refractivity contribution in [2.45, 2.75) is 24.7 Å². The number of aryl methyl sites for hydroxylation is 1. The molecule has 0 radical (unpaired) electrons. The van der Waals surface area contributed by atoms with Crippen molar-refractivity contribution in [3.05, 3.63) is 108 Å². The quantitative estimate of drug-likeness (QED) is 0.194. The SMILES string of the molecule is Cc1cc(N)ccc1Oc1ccccc1C(c1ccccc1Oc1ccc(N)cc1)(C(F)(F)F)C(F)(F)F. The van der Waals surface area contributed by atoms with Gasteiger partial charge in [0.2, 0.25) is 5.41 Å². The van der Waals surface area contributed by atoms with Crippen LogP contribution in [0.2, 0.25) is 0 Å². The van der Waals surface area contributed by atoms with E-state index in [1.807, 2.05) is 0 Å². The summed E-state index contributed by atoms with van der Waals surface area (Å²) in [5.41, 5.74) is 5.68. The van der Waals surface area contributed by atoms with E-state index in [1.165, 1.54) is 54.6 Å². The van der Waals surface area contributed by atoms with Crippen molar-refractivity contribution in [1.29, 1.82) is 0 Å². The van der Waals surface area contributed by atoms with Crippen LogP contribution in [-0.4, -0.2) is 12.4 Å². The molecule has 38 heavy (non-hydrogen) atoms. The van der Waals surface area contributed by atoms with Crippen LogP contribution in [0.4, 0.5) is 37.7 Å². The molecule has 0 amide bonds. The molecular formula is C28H22F6N2O2. The van der Waals surface area contributed by atoms with Crippen molar-refractivity contribution in [3.8, 4) is 23.0 Å². The fraction of sp³-hybridized carbons (Fsp3) is 0.143. The molecular weight excluding hydrogens is 510 g/mol. The standard InChI is InChI=1S/C28H22F6N2O2/c1-17-16-19(36)12-15-23(17)38-25-9-5-3-7-22(25)26(27(29,30)31,28(32,33)34)21-6-2-4-8-24(21)37-20-13-10-18(35)11-14-20/h2-16H,35-36H2,1H3. The second-order valence-electron chi connectivity index (χ2n) is 8.54. The third kappa shape index (κ3) is 4.81. The van der Waals surface area contributed by atoms with Gasteiger partial charge in [0.15, 0.2) is 0 Å². The lowest BCUT2D eigenvalue weighted by Crippen LogP contribution is -2.55. The van der Waals surface area contributed by atoms with Crippen LogP contribution in [0.25, 0.3) is 0 Å². The smallest absolute Gasteiger partial charge is 0.411 e. The number of ether oxygens (including phenoxy) is 2. The Labute approximate surface area is 214 Å². The zero-order chi connectivity index (χ0) is 27.7. The second kappa shape index (κ2) is 9.85. The Morgan fingerprint density at radius 3 is 1.53 bits per heavy atom. The molecule has 0 heterocycles. The molecule has 4 N–H and O–H groups in total. The van der Waals surface area contributed by atoms with Gasteiger partial charge in [0.1, 0.15) is 23.0 Å². The van der Waals surface area contributed by atoms with Gasteiger partial charge < -0.3 is 20.9 Å². The zero-order valence-electron chi connectivity index (χ0n) is 19.9. The summed E-state index contributed by atoms with van der Waals surface area (Å²) in [6, 6.07) is 18.2. The molecule has 0 atom stereocenters. The molecule has 4 aromatic rings. The van der Waals surface area contributed by atoms with E-state index < -0.39 is 40.4 Å². The van der Waals surface area contributed by atoms with Gasteiger partial charge in [0.05, 0.1) is 0 Å². The fourth-order valence-electron chi connectivity index (χ4n) is 4.22. The molecule has 0 saturated carbocycles. The average molecular weight is 532 g/mol. The lowest BCUT2D eigenvalue weighted by Gasteiger charge is -2.39. The molecule has 0 aliphatic carbocycles. The predicted octanol–water partition coefficient (Wildman–Crippen LogP) is 8.15. The van der Waals surface area contributed by atoms with Crippen LogP contribution in [0.5, 0.6) is 23.0 Å². The highest BCUT2D eigenvalue weighted by Gasteiger charge is 2.74. The first-order chi connectivity index (χ1) is 17.8. The van der Waals surface area contributed by atoms with Crippen LogP contribution in [0.15, 0.2) is 91.0 Å². The van der Waals surface area contributed by atoms with Gasteiger partial charge in [0, 0.05) is 22.5 Å². The van der Waals surface area contributed by atoms with E-state index >= 15 is 26.3 Å². The number of benzene rings is 4. The molecule has 0 aromatic heterocycles. The number of alkyl halides is 6. The Morgan fingerprint density at radius 2 is 1.03 bits per heavy atom. The first kappa shape index (κ1) is 26.7. The molecule has 4 rings (SSSR count). The van der Waals surface area contributed by atoms with Crippen LogP contribution in [0.1, 0.15) is 16.7 Å². The number of hydrogen-bond donors (Lipinski definition) is 2. The maximum Gasteiger partial charge on any atom is 0.411 e. The molecule has 4 aromatic carbocycles. The van der Waals surface area contributed by atoms with E-state index in [4.69, 9.17) is 20.9 Å². The first-order valence-corrected chi connectivity index (χ1v) is 11.2. The summed E-state index contributed by atoms with van der Waals surface area (Å²) in [6.45, 7) is 1.57. The second-order valence-corrected chi connectivity index (χ2v) is 8.54. The van der Waals surface area contributed by atoms with Gasteiger partial charge in [0.25, 0.3) is 0 Å². The van der Waals surface area contributed by atoms with Crippen LogP contribution < -0.4 is 20.9 Å². The van der Waals surface area contributed by atoms with Crippen LogP contribution in [-0.2, 0) is 5.41 Å². The third-order valence-electron chi connectivity index (χ3n) is 5.96. The minimum atomic E-state index is -5.86. The Balaban J connectivity index is 1.99. The topological polar surface area (TPSA) is 70.5 Å². The molecule has 198 valence electrons. The van der Waals surface area contributed by atoms with Crippen molar-refractivity contribution in [3.63, 3.8) is 0 Å². The normalized spacial score (nSPS) is 12.3. The van der Waals surface area contributed by atoms with E-state index in [9.17, 15) is 0 Å². The first-order valence-electron chi connectivity index (χ1n) is 11.2. The lowest BCUT2D eigenvalue weighted by atomic mass is 9.72. The average Bonchev–Trinajstić information content (AvgIpc) is 2.83. The van der Waals surface area contributed by atoms with Crippen LogP contribution >= 0.6 is 0 Å². The van der Waals surface area contributed by atoms with Gasteiger partial charge in [-0.1, -0.05) is 36.4 Å². The minimum Gasteiger partial charge on any atom is -0.457 e. The Morgan fingerprint density at radius 1 is 0.553 bits per heavy atom. The van der Waals surface area contributed by atoms with Gasteiger partial charge >= 0.3 is 12.4 Å². The molecule has 0 aliphatic heterocycles. The zero-order valence-corrected chi connectivity index (χ0v) is 19.9. The number of anilines is 2. The predicted molar refractivity (Wildman–Crippen MR) is 132 cm³/mol. The van der Waals surface area contributed by atoms with Crippen molar-refractivity contribution in [1.82, 2.24) is 0 Å². The largest absolute Gasteiger partial charge is 0.457 e. The molecule has 4 nitrogen and oxygen atoms in total. The third-order valence-corrected chi connectivity index (χ3v) is 5.96. The summed E-state index contributed by atoms with van der Waals surface area (Å²) in [6.07, 6.45) is -11.7. The number of halogens is 6. The number of nitrogen functional groups attached to an aromatic ring is 2. The van der Waals surface area contributed by atoms with Crippen molar-refractivity contribution < 1.29 is 35.8 Å². The van der Waals surface area contributed by atoms with E-state index in [1.54, 1.807) is 6.92 Å². The van der Waals surface area contributed by atoms with Gasteiger partial charge in [-0.2, -0.15) is 26.3 Å². The van der Waals surface area contributed by atoms with Crippen LogP contribution in [0.3, 0.4) is 0 Å². The molecule has 0 spiro atoms. The number of rotatable bonds is 6. The van der Waals surface area contributed by atoms with Crippen molar-refractivity contribution >= 4 is 11.4 Å². The van der Waals surface area contributed by atoms with Crippen LogP contribution in [0, 0.1) is 6.92 Å². The number of para-hydroxylation sites is 2.